The summed E-state index contributed by atoms with van der Waals surface area (Å²) in [7, 11) is 3.15. The van der Waals surface area contributed by atoms with Gasteiger partial charge in [0.15, 0.2) is 0 Å². The molecule has 1 aromatic carbocycles. The molecule has 0 spiro atoms. The molecule has 5 nitrogen and oxygen atoms in total. The zero-order chi connectivity index (χ0) is 12.0. The number of nitrogens with two attached hydrogens (primary N) is 2. The minimum atomic E-state index is 0.288. The molecular weight excluding hydrogens is 206 g/mol. The van der Waals surface area contributed by atoms with Crippen LogP contribution in [-0.2, 0) is 11.3 Å². The van der Waals surface area contributed by atoms with E-state index in [1.54, 1.807) is 14.2 Å². The van der Waals surface area contributed by atoms with Crippen molar-refractivity contribution in [2.75, 3.05) is 20.8 Å². The number of hydrogen-bond donors (Lipinski definition) is 2. The van der Waals surface area contributed by atoms with Crippen LogP contribution in [0.15, 0.2) is 23.2 Å². The van der Waals surface area contributed by atoms with Gasteiger partial charge in [-0.1, -0.05) is 12.1 Å². The van der Waals surface area contributed by atoms with E-state index in [0.717, 1.165) is 5.56 Å². The van der Waals surface area contributed by atoms with E-state index < -0.39 is 0 Å². The fourth-order valence-corrected chi connectivity index (χ4v) is 1.39. The van der Waals surface area contributed by atoms with Crippen LogP contribution in [0.5, 0.6) is 5.75 Å². The highest BCUT2D eigenvalue weighted by molar-refractivity contribution is 5.85. The predicted molar refractivity (Wildman–Crippen MR) is 64.0 cm³/mol. The van der Waals surface area contributed by atoms with Crippen LogP contribution in [0.3, 0.4) is 0 Å². The normalized spacial score (nSPS) is 11.6. The van der Waals surface area contributed by atoms with Crippen molar-refractivity contribution < 1.29 is 9.47 Å². The minimum absolute atomic E-state index is 0.288. The van der Waals surface area contributed by atoms with E-state index in [2.05, 4.69) is 4.99 Å². The second kappa shape index (κ2) is 6.09. The standard InChI is InChI=1S/C11H17N3O2/c1-15-7-10(13)14-9-5-3-4-8(6-12)11(9)16-2/h3-5H,6-7,12H2,1-2H3,(H2,13,14). The fraction of sp³-hybridized carbons (Fsp3) is 0.364. The summed E-state index contributed by atoms with van der Waals surface area (Å²) in [6.45, 7) is 0.687. The van der Waals surface area contributed by atoms with Gasteiger partial charge >= 0.3 is 0 Å². The van der Waals surface area contributed by atoms with Crippen LogP contribution in [0, 0.1) is 0 Å². The maximum atomic E-state index is 5.67. The summed E-state index contributed by atoms with van der Waals surface area (Å²) in [6, 6.07) is 5.58. The monoisotopic (exact) mass is 223 g/mol. The number of aliphatic imine (C=N–C) groups is 1. The number of nitrogens with zero attached hydrogens (tertiary/aromatic N) is 1. The highest BCUT2D eigenvalue weighted by Gasteiger charge is 2.07. The Bertz CT molecular complexity index is 377. The Morgan fingerprint density at radius 2 is 2.12 bits per heavy atom. The molecule has 0 heterocycles. The maximum Gasteiger partial charge on any atom is 0.149 e. The van der Waals surface area contributed by atoms with Crippen LogP contribution >= 0.6 is 0 Å². The topological polar surface area (TPSA) is 82.9 Å². The lowest BCUT2D eigenvalue weighted by molar-refractivity contribution is 0.244. The second-order valence-electron chi connectivity index (χ2n) is 3.21. The lowest BCUT2D eigenvalue weighted by Gasteiger charge is -2.09. The molecule has 0 bridgehead atoms. The van der Waals surface area contributed by atoms with Gasteiger partial charge in [-0.2, -0.15) is 0 Å². The van der Waals surface area contributed by atoms with E-state index in [4.69, 9.17) is 20.9 Å². The maximum absolute atomic E-state index is 5.67. The van der Waals surface area contributed by atoms with Crippen molar-refractivity contribution >= 4 is 11.5 Å². The van der Waals surface area contributed by atoms with E-state index in [0.29, 0.717) is 23.8 Å². The first-order valence-electron chi connectivity index (χ1n) is 4.90. The second-order valence-corrected chi connectivity index (χ2v) is 3.21. The van der Waals surface area contributed by atoms with Gasteiger partial charge < -0.3 is 20.9 Å². The highest BCUT2D eigenvalue weighted by atomic mass is 16.5. The van der Waals surface area contributed by atoms with Crippen molar-refractivity contribution in [3.63, 3.8) is 0 Å². The third-order valence-corrected chi connectivity index (χ3v) is 2.06. The van der Waals surface area contributed by atoms with Crippen LogP contribution < -0.4 is 16.2 Å². The van der Waals surface area contributed by atoms with Crippen molar-refractivity contribution in [1.29, 1.82) is 0 Å². The summed E-state index contributed by atoms with van der Waals surface area (Å²) in [5.74, 6) is 1.05. The first-order valence-corrected chi connectivity index (χ1v) is 4.90. The largest absolute Gasteiger partial charge is 0.494 e. The zero-order valence-electron chi connectivity index (χ0n) is 9.56. The molecule has 0 aliphatic rings. The Morgan fingerprint density at radius 1 is 1.38 bits per heavy atom. The van der Waals surface area contributed by atoms with Gasteiger partial charge in [0.1, 0.15) is 23.9 Å². The lowest BCUT2D eigenvalue weighted by atomic mass is 10.1. The van der Waals surface area contributed by atoms with Gasteiger partial charge in [0.2, 0.25) is 0 Å². The van der Waals surface area contributed by atoms with Gasteiger partial charge in [0.25, 0.3) is 0 Å². The summed E-state index contributed by atoms with van der Waals surface area (Å²) in [5, 5.41) is 0. The van der Waals surface area contributed by atoms with E-state index in [1.165, 1.54) is 0 Å². The van der Waals surface area contributed by atoms with Crippen LogP contribution in [0.25, 0.3) is 0 Å². The predicted octanol–water partition coefficient (Wildman–Crippen LogP) is 0.789. The van der Waals surface area contributed by atoms with Crippen LogP contribution in [0.4, 0.5) is 5.69 Å². The van der Waals surface area contributed by atoms with Crippen LogP contribution in [0.2, 0.25) is 0 Å². The van der Waals surface area contributed by atoms with Crippen molar-refractivity contribution in [3.8, 4) is 5.75 Å². The molecule has 88 valence electrons. The molecule has 0 saturated heterocycles. The molecule has 0 fully saturated rings. The zero-order valence-corrected chi connectivity index (χ0v) is 9.56. The van der Waals surface area contributed by atoms with Gasteiger partial charge in [-0.25, -0.2) is 4.99 Å². The number of hydrogen-bond acceptors (Lipinski definition) is 4. The Balaban J connectivity index is 3.08. The molecule has 0 radical (unpaired) electrons. The molecule has 0 aromatic heterocycles. The van der Waals surface area contributed by atoms with E-state index in [1.807, 2.05) is 18.2 Å². The Labute approximate surface area is 95.1 Å². The Hall–Kier alpha value is -1.59. The smallest absolute Gasteiger partial charge is 0.149 e. The molecule has 1 rings (SSSR count). The van der Waals surface area contributed by atoms with E-state index >= 15 is 0 Å². The number of benzene rings is 1. The summed E-state index contributed by atoms with van der Waals surface area (Å²) in [6.07, 6.45) is 0. The molecule has 0 aliphatic heterocycles. The molecule has 1 aromatic rings. The third-order valence-electron chi connectivity index (χ3n) is 2.06. The highest BCUT2D eigenvalue weighted by Crippen LogP contribution is 2.30. The van der Waals surface area contributed by atoms with E-state index in [-0.39, 0.29) is 6.61 Å². The molecule has 0 atom stereocenters. The van der Waals surface area contributed by atoms with Gasteiger partial charge in [-0.3, -0.25) is 0 Å². The van der Waals surface area contributed by atoms with Crippen LogP contribution in [0.1, 0.15) is 5.56 Å². The Kier molecular flexibility index (Phi) is 4.75. The minimum Gasteiger partial charge on any atom is -0.494 e. The molecule has 5 heteroatoms. The Morgan fingerprint density at radius 3 is 2.69 bits per heavy atom. The number of rotatable bonds is 5. The molecule has 0 saturated carbocycles. The number of ether oxygens (including phenoxy) is 2. The van der Waals surface area contributed by atoms with Crippen molar-refractivity contribution in [3.05, 3.63) is 23.8 Å². The molecular formula is C11H17N3O2. The number of methoxy groups -OCH3 is 2. The van der Waals surface area contributed by atoms with Crippen molar-refractivity contribution in [2.24, 2.45) is 16.5 Å². The van der Waals surface area contributed by atoms with Gasteiger partial charge in [0, 0.05) is 19.2 Å². The average Bonchev–Trinajstić information content (AvgIpc) is 2.29. The molecule has 0 unspecified atom stereocenters. The summed E-state index contributed by atoms with van der Waals surface area (Å²) >= 11 is 0. The molecule has 0 aliphatic carbocycles. The number of amidine groups is 1. The number of para-hydroxylation sites is 1. The van der Waals surface area contributed by atoms with Crippen LogP contribution in [-0.4, -0.2) is 26.7 Å². The quantitative estimate of drug-likeness (QED) is 0.571. The summed E-state index contributed by atoms with van der Waals surface area (Å²) < 4.78 is 10.1. The fourth-order valence-electron chi connectivity index (χ4n) is 1.39. The SMILES string of the molecule is COCC(N)=Nc1cccc(CN)c1OC. The third kappa shape index (κ3) is 2.95. The summed E-state index contributed by atoms with van der Waals surface area (Å²) in [5.41, 5.74) is 12.8. The van der Waals surface area contributed by atoms with E-state index in [9.17, 15) is 0 Å². The summed E-state index contributed by atoms with van der Waals surface area (Å²) in [4.78, 5) is 4.22. The molecule has 4 N–H and O–H groups in total. The lowest BCUT2D eigenvalue weighted by Crippen LogP contribution is -2.17. The van der Waals surface area contributed by atoms with Crippen molar-refractivity contribution in [1.82, 2.24) is 0 Å². The van der Waals surface area contributed by atoms with Crippen molar-refractivity contribution in [2.45, 2.75) is 6.54 Å². The van der Waals surface area contributed by atoms with Gasteiger partial charge in [-0.15, -0.1) is 0 Å². The molecule has 16 heavy (non-hydrogen) atoms. The van der Waals surface area contributed by atoms with Gasteiger partial charge in [-0.05, 0) is 6.07 Å². The van der Waals surface area contributed by atoms with Gasteiger partial charge in [0.05, 0.1) is 7.11 Å². The average molecular weight is 223 g/mol. The first kappa shape index (κ1) is 12.5. The first-order chi connectivity index (χ1) is 7.72. The molecule has 0 amide bonds.